The maximum Gasteiger partial charge on any atom is 0.168 e. The number of nitrogens with one attached hydrogen (secondary N) is 1. The molecule has 1 unspecified atom stereocenters. The smallest absolute Gasteiger partial charge is 0.168 e. The number of allylic oxidation sites excluding steroid dienone is 1. The fourth-order valence-corrected chi connectivity index (χ4v) is 5.49. The number of rotatable bonds is 5. The van der Waals surface area contributed by atoms with Gasteiger partial charge >= 0.3 is 0 Å². The van der Waals surface area contributed by atoms with Crippen molar-refractivity contribution in [3.63, 3.8) is 0 Å². The van der Waals surface area contributed by atoms with E-state index >= 15 is 0 Å². The van der Waals surface area contributed by atoms with Crippen LogP contribution in [0, 0.1) is 11.6 Å². The van der Waals surface area contributed by atoms with E-state index in [-0.39, 0.29) is 5.75 Å². The predicted octanol–water partition coefficient (Wildman–Crippen LogP) is 4.70. The van der Waals surface area contributed by atoms with Gasteiger partial charge in [-0.05, 0) is 18.6 Å². The van der Waals surface area contributed by atoms with E-state index in [1.165, 1.54) is 18.1 Å². The van der Waals surface area contributed by atoms with Crippen molar-refractivity contribution >= 4 is 27.7 Å². The lowest BCUT2D eigenvalue weighted by atomic mass is 10.0. The molecule has 31 heavy (non-hydrogen) atoms. The third kappa shape index (κ3) is 4.07. The number of halogens is 2. The Labute approximate surface area is 183 Å². The number of fused-ring (bicyclic) bond motifs is 1. The molecular formula is C23H23F2N3O2S. The molecule has 0 bridgehead atoms. The molecule has 0 aliphatic carbocycles. The minimum atomic E-state index is -0.726. The van der Waals surface area contributed by atoms with Gasteiger partial charge in [0, 0.05) is 70.3 Å². The number of H-pyrrole nitrogens is 1. The SMILES string of the molecule is COc1c(F)cc(F)cc1-c1c[nH]c2ncc(C3=CCC(CN4CCOCC4)S3)cc12. The van der Waals surface area contributed by atoms with Gasteiger partial charge < -0.3 is 14.5 Å². The molecular weight excluding hydrogens is 420 g/mol. The molecule has 2 aromatic heterocycles. The van der Waals surface area contributed by atoms with Crippen LogP contribution in [0.1, 0.15) is 12.0 Å². The van der Waals surface area contributed by atoms with Crippen molar-refractivity contribution in [1.82, 2.24) is 14.9 Å². The number of hydrogen-bond donors (Lipinski definition) is 1. The molecule has 5 rings (SSSR count). The van der Waals surface area contributed by atoms with Crippen molar-refractivity contribution in [3.8, 4) is 16.9 Å². The summed E-state index contributed by atoms with van der Waals surface area (Å²) in [6.45, 7) is 4.62. The highest BCUT2D eigenvalue weighted by atomic mass is 32.2. The lowest BCUT2D eigenvalue weighted by molar-refractivity contribution is 0.0383. The Kier molecular flexibility index (Phi) is 5.69. The summed E-state index contributed by atoms with van der Waals surface area (Å²) in [5.74, 6) is -1.35. The van der Waals surface area contributed by atoms with Crippen LogP contribution in [-0.4, -0.2) is 60.1 Å². The molecule has 0 spiro atoms. The summed E-state index contributed by atoms with van der Waals surface area (Å²) in [6.07, 6.45) is 6.84. The summed E-state index contributed by atoms with van der Waals surface area (Å²) >= 11 is 1.87. The maximum atomic E-state index is 14.2. The van der Waals surface area contributed by atoms with E-state index in [2.05, 4.69) is 20.9 Å². The van der Waals surface area contributed by atoms with Crippen LogP contribution in [0.15, 0.2) is 36.7 Å². The van der Waals surface area contributed by atoms with E-state index in [4.69, 9.17) is 9.47 Å². The molecule has 8 heteroatoms. The summed E-state index contributed by atoms with van der Waals surface area (Å²) in [4.78, 5) is 11.3. The number of nitrogens with zero attached hydrogens (tertiary/aromatic N) is 2. The number of thioether (sulfide) groups is 1. The number of aromatic amines is 1. The Morgan fingerprint density at radius 3 is 2.87 bits per heavy atom. The van der Waals surface area contributed by atoms with E-state index in [9.17, 15) is 8.78 Å². The van der Waals surface area contributed by atoms with Crippen molar-refractivity contribution in [2.24, 2.45) is 0 Å². The zero-order chi connectivity index (χ0) is 21.4. The van der Waals surface area contributed by atoms with Crippen LogP contribution in [0.25, 0.3) is 27.1 Å². The van der Waals surface area contributed by atoms with Crippen LogP contribution in [0.3, 0.4) is 0 Å². The zero-order valence-corrected chi connectivity index (χ0v) is 18.0. The Morgan fingerprint density at radius 2 is 2.06 bits per heavy atom. The number of pyridine rings is 1. The van der Waals surface area contributed by atoms with Crippen LogP contribution < -0.4 is 4.74 Å². The van der Waals surface area contributed by atoms with E-state index in [0.717, 1.165) is 56.3 Å². The van der Waals surface area contributed by atoms with E-state index in [0.29, 0.717) is 22.0 Å². The molecule has 1 saturated heterocycles. The second-order valence-corrected chi connectivity index (χ2v) is 9.09. The molecule has 0 radical (unpaired) electrons. The molecule has 162 valence electrons. The first kappa shape index (κ1) is 20.5. The average Bonchev–Trinajstić information content (AvgIpc) is 3.40. The van der Waals surface area contributed by atoms with Gasteiger partial charge in [-0.3, -0.25) is 4.90 Å². The average molecular weight is 444 g/mol. The van der Waals surface area contributed by atoms with Gasteiger partial charge in [-0.1, -0.05) is 6.08 Å². The topological polar surface area (TPSA) is 50.4 Å². The first-order valence-corrected chi connectivity index (χ1v) is 11.2. The highest BCUT2D eigenvalue weighted by molar-refractivity contribution is 8.09. The van der Waals surface area contributed by atoms with Crippen molar-refractivity contribution in [1.29, 1.82) is 0 Å². The number of benzene rings is 1. The van der Waals surface area contributed by atoms with E-state index in [1.54, 1.807) is 6.20 Å². The first-order valence-electron chi connectivity index (χ1n) is 10.3. The largest absolute Gasteiger partial charge is 0.493 e. The van der Waals surface area contributed by atoms with Crippen LogP contribution in [0.5, 0.6) is 5.75 Å². The zero-order valence-electron chi connectivity index (χ0n) is 17.2. The summed E-state index contributed by atoms with van der Waals surface area (Å²) in [7, 11) is 1.38. The molecule has 2 aliphatic rings. The van der Waals surface area contributed by atoms with Crippen molar-refractivity contribution in [2.75, 3.05) is 40.0 Å². The van der Waals surface area contributed by atoms with Gasteiger partial charge in [0.2, 0.25) is 0 Å². The Bertz CT molecular complexity index is 1140. The van der Waals surface area contributed by atoms with Gasteiger partial charge in [0.05, 0.1) is 20.3 Å². The minimum Gasteiger partial charge on any atom is -0.493 e. The fourth-order valence-electron chi connectivity index (χ4n) is 4.21. The second kappa shape index (κ2) is 8.61. The van der Waals surface area contributed by atoms with Crippen molar-refractivity contribution in [2.45, 2.75) is 11.7 Å². The molecule has 5 nitrogen and oxygen atoms in total. The van der Waals surface area contributed by atoms with Gasteiger partial charge in [0.15, 0.2) is 11.6 Å². The van der Waals surface area contributed by atoms with E-state index in [1.807, 2.05) is 24.0 Å². The third-order valence-corrected chi connectivity index (χ3v) is 7.07. The fraction of sp³-hybridized carbons (Fsp3) is 0.348. The molecule has 1 fully saturated rings. The Hall–Kier alpha value is -2.42. The molecule has 1 N–H and O–H groups in total. The predicted molar refractivity (Wildman–Crippen MR) is 119 cm³/mol. The summed E-state index contributed by atoms with van der Waals surface area (Å²) in [6, 6.07) is 4.15. The van der Waals surface area contributed by atoms with Crippen LogP contribution in [0.4, 0.5) is 8.78 Å². The first-order chi connectivity index (χ1) is 15.1. The molecule has 1 atom stereocenters. The highest BCUT2D eigenvalue weighted by Gasteiger charge is 2.24. The van der Waals surface area contributed by atoms with Crippen molar-refractivity contribution < 1.29 is 18.3 Å². The number of methoxy groups -OCH3 is 1. The number of ether oxygens (including phenoxy) is 2. The molecule has 0 amide bonds. The van der Waals surface area contributed by atoms with Gasteiger partial charge in [-0.15, -0.1) is 11.8 Å². The summed E-state index contributed by atoms with van der Waals surface area (Å²) in [5.41, 5.74) is 2.70. The Balaban J connectivity index is 1.43. The monoisotopic (exact) mass is 443 g/mol. The normalized spacial score (nSPS) is 19.7. The van der Waals surface area contributed by atoms with Crippen LogP contribution in [0.2, 0.25) is 0 Å². The summed E-state index contributed by atoms with van der Waals surface area (Å²) in [5, 5.41) is 1.31. The highest BCUT2D eigenvalue weighted by Crippen LogP contribution is 2.42. The van der Waals surface area contributed by atoms with E-state index < -0.39 is 11.6 Å². The number of morpholine rings is 1. The summed E-state index contributed by atoms with van der Waals surface area (Å²) < 4.78 is 38.9. The number of hydrogen-bond acceptors (Lipinski definition) is 5. The second-order valence-electron chi connectivity index (χ2n) is 7.75. The van der Waals surface area contributed by atoms with Gasteiger partial charge in [0.25, 0.3) is 0 Å². The standard InChI is InChI=1S/C23H23F2N3O2S/c1-29-22-17(9-15(24)10-20(22)25)19-12-27-23-18(19)8-14(11-26-23)21-3-2-16(31-21)13-28-4-6-30-7-5-28/h3,8-12,16H,2,4-7,13H2,1H3,(H,26,27). The minimum absolute atomic E-state index is 0.0211. The lowest BCUT2D eigenvalue weighted by Gasteiger charge is -2.28. The molecule has 1 aromatic carbocycles. The molecule has 3 aromatic rings. The quantitative estimate of drug-likeness (QED) is 0.620. The number of aromatic nitrogens is 2. The van der Waals surface area contributed by atoms with Crippen LogP contribution >= 0.6 is 11.8 Å². The van der Waals surface area contributed by atoms with Crippen LogP contribution in [-0.2, 0) is 4.74 Å². The lowest BCUT2D eigenvalue weighted by Crippen LogP contribution is -2.39. The van der Waals surface area contributed by atoms with Gasteiger partial charge in [-0.2, -0.15) is 0 Å². The third-order valence-electron chi connectivity index (χ3n) is 5.74. The Morgan fingerprint density at radius 1 is 1.23 bits per heavy atom. The maximum absolute atomic E-state index is 14.2. The van der Waals surface area contributed by atoms with Gasteiger partial charge in [-0.25, -0.2) is 13.8 Å². The molecule has 4 heterocycles. The molecule has 0 saturated carbocycles. The van der Waals surface area contributed by atoms with Gasteiger partial charge in [0.1, 0.15) is 11.5 Å². The van der Waals surface area contributed by atoms with Crippen molar-refractivity contribution in [3.05, 3.63) is 53.9 Å². The molecule has 2 aliphatic heterocycles.